The highest BCUT2D eigenvalue weighted by atomic mass is 32.2. The third-order valence-corrected chi connectivity index (χ3v) is 4.78. The lowest BCUT2D eigenvalue weighted by atomic mass is 10.2. The van der Waals surface area contributed by atoms with E-state index in [1.54, 1.807) is 27.7 Å². The van der Waals surface area contributed by atoms with Crippen LogP contribution in [-0.2, 0) is 14.3 Å². The van der Waals surface area contributed by atoms with Gasteiger partial charge in [0, 0.05) is 11.7 Å². The Morgan fingerprint density at radius 2 is 2.05 bits per heavy atom. The van der Waals surface area contributed by atoms with Crippen LogP contribution < -0.4 is 5.32 Å². The maximum Gasteiger partial charge on any atom is 0.408 e. The number of nitrogens with one attached hydrogen (secondary N) is 1. The Labute approximate surface area is 127 Å². The first-order valence-electron chi connectivity index (χ1n) is 6.80. The Balaban J connectivity index is 2.03. The molecule has 0 radical (unpaired) electrons. The number of carbonyl (C=O) groups is 3. The van der Waals surface area contributed by atoms with Crippen LogP contribution in [0.15, 0.2) is 0 Å². The summed E-state index contributed by atoms with van der Waals surface area (Å²) < 4.78 is 5.12. The molecule has 0 aliphatic carbocycles. The van der Waals surface area contributed by atoms with E-state index in [-0.39, 0.29) is 16.5 Å². The quantitative estimate of drug-likeness (QED) is 0.790. The van der Waals surface area contributed by atoms with Gasteiger partial charge in [0.15, 0.2) is 0 Å². The fraction of sp³-hybridized carbons (Fsp3) is 0.769. The Morgan fingerprint density at radius 3 is 2.57 bits per heavy atom. The third-order valence-electron chi connectivity index (χ3n) is 3.36. The van der Waals surface area contributed by atoms with Crippen molar-refractivity contribution >= 4 is 29.7 Å². The molecule has 2 amide bonds. The van der Waals surface area contributed by atoms with Gasteiger partial charge in [0.25, 0.3) is 0 Å². The maximum atomic E-state index is 12.3. The van der Waals surface area contributed by atoms with Crippen molar-refractivity contribution in [2.24, 2.45) is 0 Å². The number of alkyl carbamates (subject to hydrolysis) is 1. The molecule has 21 heavy (non-hydrogen) atoms. The number of hydrogen-bond donors (Lipinski definition) is 2. The van der Waals surface area contributed by atoms with Crippen molar-refractivity contribution in [1.29, 1.82) is 0 Å². The topological polar surface area (TPSA) is 95.9 Å². The maximum absolute atomic E-state index is 12.3. The summed E-state index contributed by atoms with van der Waals surface area (Å²) in [7, 11) is 0. The van der Waals surface area contributed by atoms with E-state index in [9.17, 15) is 19.5 Å². The number of fused-ring (bicyclic) bond motifs is 1. The van der Waals surface area contributed by atoms with Gasteiger partial charge in [0.1, 0.15) is 17.7 Å². The van der Waals surface area contributed by atoms with Crippen LogP contribution in [0.25, 0.3) is 0 Å². The van der Waals surface area contributed by atoms with E-state index >= 15 is 0 Å². The first kappa shape index (κ1) is 15.9. The summed E-state index contributed by atoms with van der Waals surface area (Å²) in [6.07, 6.45) is -0.261. The van der Waals surface area contributed by atoms with Crippen molar-refractivity contribution in [2.75, 3.05) is 0 Å². The Morgan fingerprint density at radius 1 is 1.43 bits per heavy atom. The molecule has 0 spiro atoms. The van der Waals surface area contributed by atoms with E-state index in [2.05, 4.69) is 5.32 Å². The molecule has 118 valence electrons. The van der Waals surface area contributed by atoms with Crippen LogP contribution >= 0.6 is 11.8 Å². The van der Waals surface area contributed by atoms with Crippen LogP contribution in [0, 0.1) is 0 Å². The highest BCUT2D eigenvalue weighted by Gasteiger charge is 2.53. The van der Waals surface area contributed by atoms with Crippen LogP contribution in [0.5, 0.6) is 0 Å². The average Bonchev–Trinajstić information content (AvgIpc) is 2.73. The first-order chi connectivity index (χ1) is 9.60. The second-order valence-electron chi connectivity index (χ2n) is 6.26. The van der Waals surface area contributed by atoms with E-state index in [0.29, 0.717) is 6.42 Å². The van der Waals surface area contributed by atoms with E-state index in [1.165, 1.54) is 16.7 Å². The molecule has 2 rings (SSSR count). The highest BCUT2D eigenvalue weighted by molar-refractivity contribution is 8.00. The van der Waals surface area contributed by atoms with Gasteiger partial charge in [-0.15, -0.1) is 11.8 Å². The molecule has 2 fully saturated rings. The average molecular weight is 316 g/mol. The zero-order valence-corrected chi connectivity index (χ0v) is 13.3. The molecule has 0 aromatic heterocycles. The van der Waals surface area contributed by atoms with Gasteiger partial charge in [-0.3, -0.25) is 4.79 Å². The van der Waals surface area contributed by atoms with Crippen molar-refractivity contribution in [1.82, 2.24) is 10.2 Å². The Hall–Kier alpha value is -1.44. The lowest BCUT2D eigenvalue weighted by molar-refractivity contribution is -0.148. The summed E-state index contributed by atoms with van der Waals surface area (Å²) in [6, 6.07) is -1.55. The van der Waals surface area contributed by atoms with Gasteiger partial charge >= 0.3 is 12.1 Å². The van der Waals surface area contributed by atoms with Crippen molar-refractivity contribution < 1.29 is 24.2 Å². The van der Waals surface area contributed by atoms with Crippen LogP contribution in [0.3, 0.4) is 0 Å². The molecule has 7 nitrogen and oxygen atoms in total. The van der Waals surface area contributed by atoms with E-state index < -0.39 is 29.7 Å². The second kappa shape index (κ2) is 5.40. The monoisotopic (exact) mass is 316 g/mol. The molecule has 0 aromatic rings. The van der Waals surface area contributed by atoms with Crippen molar-refractivity contribution in [2.45, 2.75) is 62.4 Å². The second-order valence-corrected chi connectivity index (χ2v) is 7.82. The first-order valence-corrected chi connectivity index (χ1v) is 7.74. The molecular formula is C13H20N2O5S. The fourth-order valence-corrected chi connectivity index (χ4v) is 4.18. The normalized spacial score (nSPS) is 32.0. The largest absolute Gasteiger partial charge is 0.480 e. The highest BCUT2D eigenvalue weighted by Crippen LogP contribution is 2.42. The zero-order chi connectivity index (χ0) is 15.9. The molecule has 2 aliphatic rings. The van der Waals surface area contributed by atoms with Crippen LogP contribution in [0.1, 0.15) is 34.1 Å². The van der Waals surface area contributed by atoms with Crippen LogP contribution in [0.4, 0.5) is 4.79 Å². The summed E-state index contributed by atoms with van der Waals surface area (Å²) in [5.74, 6) is -1.36. The summed E-state index contributed by atoms with van der Waals surface area (Å²) in [4.78, 5) is 36.7. The minimum atomic E-state index is -1.01. The fourth-order valence-electron chi connectivity index (χ4n) is 2.61. The number of nitrogens with zero attached hydrogens (tertiary/aromatic N) is 1. The van der Waals surface area contributed by atoms with Gasteiger partial charge in [0.05, 0.1) is 5.37 Å². The molecule has 1 unspecified atom stereocenters. The molecular weight excluding hydrogens is 296 g/mol. The standard InChI is InChI=1S/C13H20N2O5S/c1-6-9(11(17)18)15-8(21-6)5-7(10(15)16)14-12(19)20-13(2,3)4/h6-9H,5H2,1-4H3,(H,14,19)(H,17,18)/t6?,7-,8+,9+/m1/s1. The molecule has 2 aliphatic heterocycles. The lowest BCUT2D eigenvalue weighted by Gasteiger charge is -2.23. The number of carbonyl (C=O) groups excluding carboxylic acids is 2. The van der Waals surface area contributed by atoms with Gasteiger partial charge < -0.3 is 20.1 Å². The van der Waals surface area contributed by atoms with E-state index in [1.807, 2.05) is 0 Å². The summed E-state index contributed by atoms with van der Waals surface area (Å²) in [5.41, 5.74) is -0.644. The van der Waals surface area contributed by atoms with E-state index in [4.69, 9.17) is 4.74 Å². The summed E-state index contributed by atoms with van der Waals surface area (Å²) in [6.45, 7) is 7.00. The van der Waals surface area contributed by atoms with Gasteiger partial charge in [-0.05, 0) is 20.8 Å². The number of ether oxygens (including phenoxy) is 1. The molecule has 8 heteroatoms. The molecule has 0 aromatic carbocycles. The molecule has 2 saturated heterocycles. The number of amides is 2. The minimum absolute atomic E-state index is 0.154. The smallest absolute Gasteiger partial charge is 0.408 e. The predicted octanol–water partition coefficient (Wildman–Crippen LogP) is 1.03. The lowest BCUT2D eigenvalue weighted by Crippen LogP contribution is -2.49. The van der Waals surface area contributed by atoms with Crippen molar-refractivity contribution in [3.05, 3.63) is 0 Å². The van der Waals surface area contributed by atoms with Gasteiger partial charge in [-0.2, -0.15) is 0 Å². The van der Waals surface area contributed by atoms with Crippen molar-refractivity contribution in [3.8, 4) is 0 Å². The van der Waals surface area contributed by atoms with Gasteiger partial charge in [-0.1, -0.05) is 6.92 Å². The van der Waals surface area contributed by atoms with Crippen molar-refractivity contribution in [3.63, 3.8) is 0 Å². The Kier molecular flexibility index (Phi) is 4.10. The SMILES string of the molecule is CC1S[C@H]2C[C@@H](NC(=O)OC(C)(C)C)C(=O)N2[C@@H]1C(=O)O. The zero-order valence-electron chi connectivity index (χ0n) is 12.5. The Bertz CT molecular complexity index is 476. The van der Waals surface area contributed by atoms with Crippen LogP contribution in [0.2, 0.25) is 0 Å². The molecule has 2 N–H and O–H groups in total. The predicted molar refractivity (Wildman–Crippen MR) is 76.9 cm³/mol. The number of hydrogen-bond acceptors (Lipinski definition) is 5. The summed E-state index contributed by atoms with van der Waals surface area (Å²) in [5, 5.41) is 11.4. The number of carboxylic acid groups (broad SMARTS) is 1. The molecule has 0 bridgehead atoms. The molecule has 4 atom stereocenters. The number of carboxylic acids is 1. The van der Waals surface area contributed by atoms with Gasteiger partial charge in [-0.25, -0.2) is 9.59 Å². The van der Waals surface area contributed by atoms with Gasteiger partial charge in [0.2, 0.25) is 5.91 Å². The molecule has 0 saturated carbocycles. The van der Waals surface area contributed by atoms with E-state index in [0.717, 1.165) is 0 Å². The number of thioether (sulfide) groups is 1. The number of aliphatic carboxylic acids is 1. The third kappa shape index (κ3) is 3.25. The number of rotatable bonds is 2. The minimum Gasteiger partial charge on any atom is -0.480 e. The summed E-state index contributed by atoms with van der Waals surface area (Å²) >= 11 is 1.45. The van der Waals surface area contributed by atoms with Crippen LogP contribution in [-0.4, -0.2) is 56.3 Å². The molecule has 2 heterocycles.